The summed E-state index contributed by atoms with van der Waals surface area (Å²) in [6.07, 6.45) is 15.7. The highest BCUT2D eigenvalue weighted by molar-refractivity contribution is 8.13. The van der Waals surface area contributed by atoms with Gasteiger partial charge in [0, 0.05) is 29.8 Å². The molecule has 0 bridgehead atoms. The van der Waals surface area contributed by atoms with E-state index >= 15 is 0 Å². The Morgan fingerprint density at radius 1 is 1.11 bits per heavy atom. The number of halogens is 2. The van der Waals surface area contributed by atoms with Gasteiger partial charge in [0.05, 0.1) is 11.4 Å². The van der Waals surface area contributed by atoms with E-state index < -0.39 is 10.5 Å². The average Bonchev–Trinajstić information content (AvgIpc) is 3.49. The van der Waals surface area contributed by atoms with Crippen molar-refractivity contribution in [1.82, 2.24) is 20.1 Å². The lowest BCUT2D eigenvalue weighted by molar-refractivity contribution is 0.00526. The Bertz CT molecular complexity index is 953. The second-order valence-corrected chi connectivity index (χ2v) is 12.0. The van der Waals surface area contributed by atoms with Crippen molar-refractivity contribution in [3.63, 3.8) is 0 Å². The number of aliphatic hydroxyl groups is 1. The highest BCUT2D eigenvalue weighted by Gasteiger charge is 2.58. The zero-order valence-corrected chi connectivity index (χ0v) is 23.7. The van der Waals surface area contributed by atoms with Crippen LogP contribution in [0.1, 0.15) is 89.5 Å². The first-order valence-corrected chi connectivity index (χ1v) is 14.9. The topological polar surface area (TPSA) is 80.0 Å². The van der Waals surface area contributed by atoms with Gasteiger partial charge in [-0.15, -0.1) is 11.6 Å². The Kier molecular flexibility index (Phi) is 11.9. The van der Waals surface area contributed by atoms with Gasteiger partial charge in [-0.05, 0) is 30.9 Å². The molecule has 0 aliphatic heterocycles. The number of hydrogen-bond donors (Lipinski definition) is 2. The van der Waals surface area contributed by atoms with Gasteiger partial charge in [0.15, 0.2) is 5.16 Å². The van der Waals surface area contributed by atoms with E-state index in [1.807, 2.05) is 18.2 Å². The minimum absolute atomic E-state index is 0.135. The lowest BCUT2D eigenvalue weighted by Gasteiger charge is -2.33. The number of thioether (sulfide) groups is 1. The van der Waals surface area contributed by atoms with E-state index in [4.69, 9.17) is 23.2 Å². The summed E-state index contributed by atoms with van der Waals surface area (Å²) in [6, 6.07) is 7.46. The van der Waals surface area contributed by atoms with Crippen molar-refractivity contribution in [2.45, 2.75) is 113 Å². The SMILES string of the molecule is CCCCCCCCCCCCNC(=O)Sc1ncnn1CC(O)(Cc1ccccc1Cl)C1(Cl)CC1. The van der Waals surface area contributed by atoms with Crippen LogP contribution in [0, 0.1) is 0 Å². The van der Waals surface area contributed by atoms with E-state index in [1.165, 1.54) is 57.7 Å². The molecule has 0 radical (unpaired) electrons. The fourth-order valence-corrected chi connectivity index (χ4v) is 5.58. The van der Waals surface area contributed by atoms with Crippen molar-refractivity contribution in [3.8, 4) is 0 Å². The van der Waals surface area contributed by atoms with Crippen LogP contribution in [-0.4, -0.2) is 42.1 Å². The molecule has 1 saturated carbocycles. The molecule has 1 atom stereocenters. The molecule has 1 aliphatic rings. The molecule has 0 saturated heterocycles. The summed E-state index contributed by atoms with van der Waals surface area (Å²) >= 11 is 14.1. The second-order valence-electron chi connectivity index (χ2n) is 9.96. The van der Waals surface area contributed by atoms with E-state index in [2.05, 4.69) is 22.3 Å². The molecule has 1 unspecified atom stereocenters. The Hall–Kier alpha value is -1.28. The van der Waals surface area contributed by atoms with Crippen LogP contribution in [0.4, 0.5) is 4.79 Å². The predicted octanol–water partition coefficient (Wildman–Crippen LogP) is 7.40. The molecule has 3 rings (SSSR count). The van der Waals surface area contributed by atoms with E-state index in [0.29, 0.717) is 36.0 Å². The summed E-state index contributed by atoms with van der Waals surface area (Å²) in [5.41, 5.74) is -0.438. The van der Waals surface area contributed by atoms with Crippen molar-refractivity contribution < 1.29 is 9.90 Å². The number of unbranched alkanes of at least 4 members (excludes halogenated alkanes) is 9. The molecule has 1 aliphatic carbocycles. The van der Waals surface area contributed by atoms with Crippen LogP contribution in [0.3, 0.4) is 0 Å². The van der Waals surface area contributed by atoms with Crippen LogP contribution >= 0.6 is 35.0 Å². The number of nitrogens with zero attached hydrogens (tertiary/aromatic N) is 3. The van der Waals surface area contributed by atoms with Gasteiger partial charge in [-0.25, -0.2) is 9.67 Å². The number of nitrogens with one attached hydrogen (secondary N) is 1. The number of carbonyl (C=O) groups is 1. The van der Waals surface area contributed by atoms with Crippen molar-refractivity contribution in [1.29, 1.82) is 0 Å². The van der Waals surface area contributed by atoms with Crippen LogP contribution in [0.25, 0.3) is 0 Å². The Morgan fingerprint density at radius 2 is 1.75 bits per heavy atom. The smallest absolute Gasteiger partial charge is 0.286 e. The van der Waals surface area contributed by atoms with Crippen molar-refractivity contribution in [3.05, 3.63) is 41.2 Å². The molecule has 200 valence electrons. The first kappa shape index (κ1) is 29.3. The first-order chi connectivity index (χ1) is 17.4. The molecule has 36 heavy (non-hydrogen) atoms. The average molecular weight is 556 g/mol. The maximum Gasteiger partial charge on any atom is 0.286 e. The summed E-state index contributed by atoms with van der Waals surface area (Å²) in [6.45, 7) is 3.03. The van der Waals surface area contributed by atoms with E-state index in [9.17, 15) is 9.90 Å². The largest absolute Gasteiger partial charge is 0.386 e. The number of amides is 1. The Morgan fingerprint density at radius 3 is 2.39 bits per heavy atom. The number of benzene rings is 1. The highest BCUT2D eigenvalue weighted by Crippen LogP contribution is 2.53. The Balaban J connectivity index is 1.42. The van der Waals surface area contributed by atoms with Gasteiger partial charge >= 0.3 is 0 Å². The molecule has 1 heterocycles. The zero-order valence-electron chi connectivity index (χ0n) is 21.4. The molecule has 0 spiro atoms. The van der Waals surface area contributed by atoms with Crippen molar-refractivity contribution in [2.75, 3.05) is 6.54 Å². The van der Waals surface area contributed by atoms with Crippen LogP contribution in [0.2, 0.25) is 5.02 Å². The summed E-state index contributed by atoms with van der Waals surface area (Å²) in [5.74, 6) is 0. The maximum absolute atomic E-state index is 12.5. The molecule has 6 nitrogen and oxygen atoms in total. The van der Waals surface area contributed by atoms with Gasteiger partial charge < -0.3 is 10.4 Å². The van der Waals surface area contributed by atoms with Gasteiger partial charge in [-0.1, -0.05) is 94.5 Å². The second kappa shape index (κ2) is 14.6. The number of carbonyl (C=O) groups excluding carboxylic acids is 1. The third-order valence-electron chi connectivity index (χ3n) is 6.94. The van der Waals surface area contributed by atoms with Gasteiger partial charge in [-0.2, -0.15) is 5.10 Å². The minimum Gasteiger partial charge on any atom is -0.386 e. The third kappa shape index (κ3) is 8.93. The van der Waals surface area contributed by atoms with E-state index in [-0.39, 0.29) is 11.8 Å². The molecule has 1 fully saturated rings. The fourth-order valence-electron chi connectivity index (χ4n) is 4.50. The standard InChI is InChI=1S/C27H40Cl2N4O2S/c1-2-3-4-5-6-7-8-9-10-13-18-30-25(34)36-24-31-21-32-33(24)20-27(35,26(29)16-17-26)19-22-14-11-12-15-23(22)28/h11-12,14-15,21,35H,2-10,13,16-20H2,1H3,(H,30,34). The van der Waals surface area contributed by atoms with Crippen LogP contribution < -0.4 is 5.32 Å². The molecule has 2 N–H and O–H groups in total. The van der Waals surface area contributed by atoms with Gasteiger partial charge in [0.25, 0.3) is 5.24 Å². The monoisotopic (exact) mass is 554 g/mol. The molecule has 2 aromatic rings. The van der Waals surface area contributed by atoms with Gasteiger partial charge in [0.1, 0.15) is 11.9 Å². The molecule has 1 amide bonds. The lowest BCUT2D eigenvalue weighted by atomic mass is 9.89. The quantitative estimate of drug-likeness (QED) is 0.121. The number of aromatic nitrogens is 3. The molecule has 9 heteroatoms. The molecule has 1 aromatic heterocycles. The van der Waals surface area contributed by atoms with Crippen LogP contribution in [-0.2, 0) is 13.0 Å². The highest BCUT2D eigenvalue weighted by atomic mass is 35.5. The van der Waals surface area contributed by atoms with Crippen molar-refractivity contribution in [2.24, 2.45) is 0 Å². The van der Waals surface area contributed by atoms with E-state index in [0.717, 1.165) is 30.2 Å². The maximum atomic E-state index is 12.5. The van der Waals surface area contributed by atoms with Crippen LogP contribution in [0.15, 0.2) is 35.7 Å². The Labute approximate surface area is 229 Å². The predicted molar refractivity (Wildman–Crippen MR) is 149 cm³/mol. The van der Waals surface area contributed by atoms with Gasteiger partial charge in [-0.3, -0.25) is 4.79 Å². The number of hydrogen-bond acceptors (Lipinski definition) is 5. The normalized spacial score (nSPS) is 16.0. The number of rotatable bonds is 17. The molecular formula is C27H40Cl2N4O2S. The summed E-state index contributed by atoms with van der Waals surface area (Å²) in [5, 5.41) is 19.8. The van der Waals surface area contributed by atoms with Crippen LogP contribution in [0.5, 0.6) is 0 Å². The fraction of sp³-hybridized carbons (Fsp3) is 0.667. The summed E-state index contributed by atoms with van der Waals surface area (Å²) in [4.78, 5) is 16.0. The molecular weight excluding hydrogens is 515 g/mol. The molecule has 1 aromatic carbocycles. The zero-order chi connectivity index (χ0) is 25.9. The summed E-state index contributed by atoms with van der Waals surface area (Å²) < 4.78 is 1.57. The third-order valence-corrected chi connectivity index (χ3v) is 8.87. The lowest BCUT2D eigenvalue weighted by Crippen LogP contribution is -2.47. The number of alkyl halides is 1. The van der Waals surface area contributed by atoms with E-state index in [1.54, 1.807) is 10.7 Å². The summed E-state index contributed by atoms with van der Waals surface area (Å²) in [7, 11) is 0. The van der Waals surface area contributed by atoms with Crippen molar-refractivity contribution >= 4 is 40.2 Å². The van der Waals surface area contributed by atoms with Gasteiger partial charge in [0.2, 0.25) is 0 Å². The minimum atomic E-state index is -1.27. The first-order valence-electron chi connectivity index (χ1n) is 13.3.